The van der Waals surface area contributed by atoms with Gasteiger partial charge in [0.15, 0.2) is 0 Å². The van der Waals surface area contributed by atoms with Gasteiger partial charge in [-0.3, -0.25) is 0 Å². The number of amidine groups is 1. The second-order valence-electron chi connectivity index (χ2n) is 2.86. The lowest BCUT2D eigenvalue weighted by Crippen LogP contribution is -2.23. The summed E-state index contributed by atoms with van der Waals surface area (Å²) in [5, 5.41) is 0. The van der Waals surface area contributed by atoms with Crippen molar-refractivity contribution in [3.8, 4) is 5.75 Å². The summed E-state index contributed by atoms with van der Waals surface area (Å²) < 4.78 is 5.36. The number of fused-ring (bicyclic) bond motifs is 1. The van der Waals surface area contributed by atoms with Crippen LogP contribution in [-0.2, 0) is 0 Å². The van der Waals surface area contributed by atoms with Gasteiger partial charge in [-0.1, -0.05) is 6.07 Å². The largest absolute Gasteiger partial charge is 0.483 e. The lowest BCUT2D eigenvalue weighted by molar-refractivity contribution is 0.371. The Labute approximate surface area is 70.9 Å². The van der Waals surface area contributed by atoms with E-state index in [4.69, 9.17) is 10.5 Å². The van der Waals surface area contributed by atoms with E-state index >= 15 is 0 Å². The van der Waals surface area contributed by atoms with Crippen molar-refractivity contribution < 1.29 is 4.74 Å². The van der Waals surface area contributed by atoms with Crippen molar-refractivity contribution in [3.63, 3.8) is 0 Å². The lowest BCUT2D eigenvalue weighted by Gasteiger charge is -2.14. The number of aliphatic imine (C=N–C) groups is 1. The van der Waals surface area contributed by atoms with E-state index in [-0.39, 0.29) is 0 Å². The molecule has 0 aliphatic carbocycles. The number of hydrogen-bond acceptors (Lipinski definition) is 3. The third kappa shape index (κ3) is 1.13. The summed E-state index contributed by atoms with van der Waals surface area (Å²) in [6.07, 6.45) is 0. The monoisotopic (exact) mass is 162 g/mol. The minimum atomic E-state index is 0.399. The Hall–Kier alpha value is -1.51. The van der Waals surface area contributed by atoms with Crippen LogP contribution in [0.1, 0.15) is 5.56 Å². The van der Waals surface area contributed by atoms with Gasteiger partial charge in [-0.25, -0.2) is 4.99 Å². The number of nitrogens with zero attached hydrogens (tertiary/aromatic N) is 1. The molecule has 12 heavy (non-hydrogen) atoms. The molecule has 0 fully saturated rings. The van der Waals surface area contributed by atoms with E-state index < -0.39 is 0 Å². The van der Waals surface area contributed by atoms with E-state index in [1.165, 1.54) is 5.56 Å². The molecule has 0 saturated carbocycles. The van der Waals surface area contributed by atoms with Crippen LogP contribution >= 0.6 is 0 Å². The fraction of sp³-hybridized carbons (Fsp3) is 0.222. The number of hydrogen-bond donors (Lipinski definition) is 1. The molecule has 1 heterocycles. The summed E-state index contributed by atoms with van der Waals surface area (Å²) in [5.74, 6) is 1.36. The number of rotatable bonds is 0. The summed E-state index contributed by atoms with van der Waals surface area (Å²) in [6.45, 7) is 2.42. The number of ether oxygens (including phenoxy) is 1. The van der Waals surface area contributed by atoms with Gasteiger partial charge in [-0.2, -0.15) is 0 Å². The van der Waals surface area contributed by atoms with E-state index in [1.807, 2.05) is 25.1 Å². The summed E-state index contributed by atoms with van der Waals surface area (Å²) in [6, 6.07) is 5.87. The van der Waals surface area contributed by atoms with E-state index in [0.717, 1.165) is 11.4 Å². The Morgan fingerprint density at radius 2 is 2.33 bits per heavy atom. The van der Waals surface area contributed by atoms with Crippen molar-refractivity contribution in [2.75, 3.05) is 6.61 Å². The van der Waals surface area contributed by atoms with Crippen LogP contribution in [0, 0.1) is 6.92 Å². The lowest BCUT2D eigenvalue weighted by atomic mass is 10.2. The van der Waals surface area contributed by atoms with Crippen LogP contribution in [0.3, 0.4) is 0 Å². The standard InChI is InChI=1S/C9H10N2O/c1-6-2-3-7-8(4-6)12-5-9(10)11-7/h2-4H,5H2,1H3,(H2,10,11). The molecule has 0 radical (unpaired) electrons. The van der Waals surface area contributed by atoms with Crippen molar-refractivity contribution in [2.45, 2.75) is 6.92 Å². The molecule has 2 N–H and O–H groups in total. The van der Waals surface area contributed by atoms with Crippen molar-refractivity contribution in [3.05, 3.63) is 23.8 Å². The van der Waals surface area contributed by atoms with Gasteiger partial charge in [-0.05, 0) is 24.6 Å². The average Bonchev–Trinajstić information content (AvgIpc) is 2.05. The molecular weight excluding hydrogens is 152 g/mol. The Bertz CT molecular complexity index is 344. The van der Waals surface area contributed by atoms with Gasteiger partial charge in [0.1, 0.15) is 23.9 Å². The third-order valence-electron chi connectivity index (χ3n) is 1.75. The van der Waals surface area contributed by atoms with Crippen LogP contribution in [0.5, 0.6) is 5.75 Å². The predicted octanol–water partition coefficient (Wildman–Crippen LogP) is 1.38. The number of benzene rings is 1. The highest BCUT2D eigenvalue weighted by atomic mass is 16.5. The third-order valence-corrected chi connectivity index (χ3v) is 1.75. The van der Waals surface area contributed by atoms with Gasteiger partial charge in [0.2, 0.25) is 0 Å². The van der Waals surface area contributed by atoms with Crippen LogP contribution in [0.25, 0.3) is 0 Å². The fourth-order valence-electron chi connectivity index (χ4n) is 1.17. The van der Waals surface area contributed by atoms with Gasteiger partial charge < -0.3 is 10.5 Å². The second kappa shape index (κ2) is 2.52. The van der Waals surface area contributed by atoms with Gasteiger partial charge in [0.25, 0.3) is 0 Å². The second-order valence-corrected chi connectivity index (χ2v) is 2.86. The molecule has 1 aliphatic heterocycles. The molecule has 1 aromatic carbocycles. The molecule has 0 aromatic heterocycles. The first-order chi connectivity index (χ1) is 5.75. The maximum absolute atomic E-state index is 5.51. The molecule has 1 aliphatic rings. The summed E-state index contributed by atoms with van der Waals surface area (Å²) in [4.78, 5) is 4.16. The first-order valence-electron chi connectivity index (χ1n) is 3.82. The minimum absolute atomic E-state index is 0.399. The molecule has 0 bridgehead atoms. The molecule has 0 atom stereocenters. The van der Waals surface area contributed by atoms with Gasteiger partial charge in [0, 0.05) is 0 Å². The SMILES string of the molecule is Cc1ccc2c(c1)OCC(N)=N2. The van der Waals surface area contributed by atoms with E-state index in [2.05, 4.69) is 4.99 Å². The van der Waals surface area contributed by atoms with Crippen LogP contribution in [0.15, 0.2) is 23.2 Å². The molecule has 3 nitrogen and oxygen atoms in total. The average molecular weight is 162 g/mol. The van der Waals surface area contributed by atoms with E-state index in [9.17, 15) is 0 Å². The number of nitrogens with two attached hydrogens (primary N) is 1. The zero-order valence-corrected chi connectivity index (χ0v) is 6.87. The van der Waals surface area contributed by atoms with Crippen molar-refractivity contribution in [1.82, 2.24) is 0 Å². The summed E-state index contributed by atoms with van der Waals surface area (Å²) >= 11 is 0. The maximum Gasteiger partial charge on any atom is 0.145 e. The Morgan fingerprint density at radius 1 is 1.50 bits per heavy atom. The smallest absolute Gasteiger partial charge is 0.145 e. The molecule has 0 unspecified atom stereocenters. The van der Waals surface area contributed by atoms with Crippen molar-refractivity contribution in [1.29, 1.82) is 0 Å². The highest BCUT2D eigenvalue weighted by Crippen LogP contribution is 2.30. The Morgan fingerprint density at radius 3 is 3.17 bits per heavy atom. The molecule has 3 heteroatoms. The van der Waals surface area contributed by atoms with Crippen LogP contribution in [-0.4, -0.2) is 12.4 Å². The zero-order chi connectivity index (χ0) is 8.55. The summed E-state index contributed by atoms with van der Waals surface area (Å²) in [5.41, 5.74) is 7.51. The Balaban J connectivity index is 2.51. The molecular formula is C9H10N2O. The number of aryl methyl sites for hydroxylation is 1. The van der Waals surface area contributed by atoms with E-state index in [1.54, 1.807) is 0 Å². The molecule has 0 amide bonds. The van der Waals surface area contributed by atoms with Crippen LogP contribution < -0.4 is 10.5 Å². The van der Waals surface area contributed by atoms with Gasteiger partial charge in [-0.15, -0.1) is 0 Å². The highest BCUT2D eigenvalue weighted by Gasteiger charge is 2.09. The topological polar surface area (TPSA) is 47.6 Å². The van der Waals surface area contributed by atoms with E-state index in [0.29, 0.717) is 12.4 Å². The molecule has 0 saturated heterocycles. The van der Waals surface area contributed by atoms with Crippen molar-refractivity contribution >= 4 is 11.5 Å². The van der Waals surface area contributed by atoms with Gasteiger partial charge >= 0.3 is 0 Å². The highest BCUT2D eigenvalue weighted by molar-refractivity contribution is 5.87. The maximum atomic E-state index is 5.51. The molecule has 62 valence electrons. The first kappa shape index (κ1) is 7.16. The normalized spacial score (nSPS) is 14.6. The van der Waals surface area contributed by atoms with Gasteiger partial charge in [0.05, 0.1) is 0 Å². The summed E-state index contributed by atoms with van der Waals surface area (Å²) in [7, 11) is 0. The van der Waals surface area contributed by atoms with Crippen LogP contribution in [0.4, 0.5) is 5.69 Å². The Kier molecular flexibility index (Phi) is 1.50. The first-order valence-corrected chi connectivity index (χ1v) is 3.82. The predicted molar refractivity (Wildman–Crippen MR) is 48.0 cm³/mol. The van der Waals surface area contributed by atoms with Crippen molar-refractivity contribution in [2.24, 2.45) is 10.7 Å². The zero-order valence-electron chi connectivity index (χ0n) is 6.87. The van der Waals surface area contributed by atoms with Crippen LogP contribution in [0.2, 0.25) is 0 Å². The fourth-order valence-corrected chi connectivity index (χ4v) is 1.17. The molecule has 1 aromatic rings. The minimum Gasteiger partial charge on any atom is -0.483 e. The molecule has 0 spiro atoms. The quantitative estimate of drug-likeness (QED) is 0.626. The molecule has 2 rings (SSSR count).